The third-order valence-corrected chi connectivity index (χ3v) is 3.70. The van der Waals surface area contributed by atoms with Gasteiger partial charge in [0, 0.05) is 12.0 Å². The van der Waals surface area contributed by atoms with Crippen LogP contribution in [-0.4, -0.2) is 18.6 Å². The molecule has 2 rings (SSSR count). The van der Waals surface area contributed by atoms with Gasteiger partial charge in [-0.15, -0.1) is 0 Å². The molecule has 4 heteroatoms. The van der Waals surface area contributed by atoms with Crippen LogP contribution in [0.2, 0.25) is 0 Å². The first-order chi connectivity index (χ1) is 9.60. The molecule has 0 aromatic heterocycles. The van der Waals surface area contributed by atoms with Crippen LogP contribution >= 0.6 is 0 Å². The predicted molar refractivity (Wildman–Crippen MR) is 80.9 cm³/mol. The summed E-state index contributed by atoms with van der Waals surface area (Å²) in [4.78, 5) is 12.2. The van der Waals surface area contributed by atoms with Gasteiger partial charge in [-0.3, -0.25) is 4.79 Å². The Morgan fingerprint density at radius 1 is 1.45 bits per heavy atom. The lowest BCUT2D eigenvalue weighted by molar-refractivity contribution is -0.119. The molecule has 0 spiro atoms. The van der Waals surface area contributed by atoms with Crippen molar-refractivity contribution in [1.82, 2.24) is 0 Å². The average molecular weight is 276 g/mol. The number of carbonyl (C=O) groups excluding carboxylic acids is 1. The molecule has 1 fully saturated rings. The van der Waals surface area contributed by atoms with Gasteiger partial charge in [0.15, 0.2) is 0 Å². The highest BCUT2D eigenvalue weighted by atomic mass is 16.5. The van der Waals surface area contributed by atoms with Gasteiger partial charge in [-0.05, 0) is 50.3 Å². The Hall–Kier alpha value is -1.55. The first kappa shape index (κ1) is 14.9. The number of amides is 1. The fourth-order valence-corrected chi connectivity index (χ4v) is 2.55. The van der Waals surface area contributed by atoms with Crippen molar-refractivity contribution >= 4 is 11.6 Å². The van der Waals surface area contributed by atoms with Gasteiger partial charge in [-0.1, -0.05) is 13.0 Å². The highest BCUT2D eigenvalue weighted by Crippen LogP contribution is 2.29. The summed E-state index contributed by atoms with van der Waals surface area (Å²) < 4.78 is 5.71. The van der Waals surface area contributed by atoms with Crippen molar-refractivity contribution in [2.24, 2.45) is 11.7 Å². The van der Waals surface area contributed by atoms with Crippen LogP contribution in [0.5, 0.6) is 5.75 Å². The van der Waals surface area contributed by atoms with Crippen LogP contribution in [0.3, 0.4) is 0 Å². The van der Waals surface area contributed by atoms with Crippen LogP contribution < -0.4 is 15.8 Å². The van der Waals surface area contributed by atoms with Crippen molar-refractivity contribution in [2.45, 2.75) is 45.6 Å². The molecule has 2 unspecified atom stereocenters. The van der Waals surface area contributed by atoms with E-state index in [1.807, 2.05) is 25.1 Å². The second-order valence-electron chi connectivity index (χ2n) is 5.61. The van der Waals surface area contributed by atoms with E-state index in [-0.39, 0.29) is 17.9 Å². The van der Waals surface area contributed by atoms with Gasteiger partial charge in [0.2, 0.25) is 5.91 Å². The molecule has 0 radical (unpaired) electrons. The van der Waals surface area contributed by atoms with Gasteiger partial charge >= 0.3 is 0 Å². The topological polar surface area (TPSA) is 64.3 Å². The van der Waals surface area contributed by atoms with Gasteiger partial charge in [-0.25, -0.2) is 0 Å². The number of nitrogens with one attached hydrogen (secondary N) is 1. The molecule has 1 aromatic rings. The van der Waals surface area contributed by atoms with E-state index in [9.17, 15) is 4.79 Å². The summed E-state index contributed by atoms with van der Waals surface area (Å²) in [6.45, 7) is 4.73. The van der Waals surface area contributed by atoms with E-state index in [0.717, 1.165) is 42.7 Å². The second kappa shape index (κ2) is 6.75. The Balaban J connectivity index is 2.06. The monoisotopic (exact) mass is 276 g/mol. The van der Waals surface area contributed by atoms with E-state index in [2.05, 4.69) is 12.2 Å². The largest absolute Gasteiger partial charge is 0.491 e. The first-order valence-corrected chi connectivity index (χ1v) is 7.40. The summed E-state index contributed by atoms with van der Waals surface area (Å²) >= 11 is 0. The number of hydrogen-bond donors (Lipinski definition) is 2. The maximum Gasteiger partial charge on any atom is 0.227 e. The quantitative estimate of drug-likeness (QED) is 0.869. The standard InChI is InChI=1S/C16H24N2O2/c1-3-8-20-15-9-11(2)4-7-14(15)18-16(19)12-5-6-13(17)10-12/h4,7,9,12-13H,3,5-6,8,10,17H2,1-2H3,(H,18,19). The van der Waals surface area contributed by atoms with Gasteiger partial charge in [0.25, 0.3) is 0 Å². The molecule has 1 aliphatic rings. The smallest absolute Gasteiger partial charge is 0.227 e. The van der Waals surface area contributed by atoms with Crippen LogP contribution in [0.25, 0.3) is 0 Å². The molecular formula is C16H24N2O2. The lowest BCUT2D eigenvalue weighted by Gasteiger charge is -2.15. The zero-order valence-electron chi connectivity index (χ0n) is 12.3. The van der Waals surface area contributed by atoms with Gasteiger partial charge in [0.1, 0.15) is 5.75 Å². The van der Waals surface area contributed by atoms with Crippen molar-refractivity contribution in [3.05, 3.63) is 23.8 Å². The van der Waals surface area contributed by atoms with Crippen LogP contribution in [0.4, 0.5) is 5.69 Å². The Kier molecular flexibility index (Phi) is 5.01. The predicted octanol–water partition coefficient (Wildman–Crippen LogP) is 2.85. The molecule has 1 saturated carbocycles. The molecule has 110 valence electrons. The molecule has 20 heavy (non-hydrogen) atoms. The number of carbonyl (C=O) groups is 1. The van der Waals surface area contributed by atoms with E-state index in [4.69, 9.17) is 10.5 Å². The summed E-state index contributed by atoms with van der Waals surface area (Å²) in [6.07, 6.45) is 3.54. The minimum absolute atomic E-state index is 0.0327. The fourth-order valence-electron chi connectivity index (χ4n) is 2.55. The maximum absolute atomic E-state index is 12.2. The van der Waals surface area contributed by atoms with Crippen molar-refractivity contribution in [1.29, 1.82) is 0 Å². The highest BCUT2D eigenvalue weighted by Gasteiger charge is 2.28. The van der Waals surface area contributed by atoms with Gasteiger partial charge in [0.05, 0.1) is 12.3 Å². The molecule has 3 N–H and O–H groups in total. The Morgan fingerprint density at radius 2 is 2.25 bits per heavy atom. The fraction of sp³-hybridized carbons (Fsp3) is 0.562. The molecule has 0 aliphatic heterocycles. The van der Waals surface area contributed by atoms with E-state index in [1.54, 1.807) is 0 Å². The molecule has 1 aliphatic carbocycles. The number of anilines is 1. The van der Waals surface area contributed by atoms with Crippen LogP contribution in [-0.2, 0) is 4.79 Å². The van der Waals surface area contributed by atoms with E-state index in [1.165, 1.54) is 0 Å². The summed E-state index contributed by atoms with van der Waals surface area (Å²) in [7, 11) is 0. The minimum Gasteiger partial charge on any atom is -0.491 e. The van der Waals surface area contributed by atoms with E-state index in [0.29, 0.717) is 6.61 Å². The maximum atomic E-state index is 12.2. The summed E-state index contributed by atoms with van der Waals surface area (Å²) in [6, 6.07) is 6.02. The van der Waals surface area contributed by atoms with Crippen molar-refractivity contribution in [2.75, 3.05) is 11.9 Å². The highest BCUT2D eigenvalue weighted by molar-refractivity contribution is 5.94. The third-order valence-electron chi connectivity index (χ3n) is 3.70. The molecule has 0 saturated heterocycles. The minimum atomic E-state index is 0.0327. The first-order valence-electron chi connectivity index (χ1n) is 7.40. The number of nitrogens with two attached hydrogens (primary N) is 1. The SMILES string of the molecule is CCCOc1cc(C)ccc1NC(=O)C1CCC(N)C1. The number of hydrogen-bond acceptors (Lipinski definition) is 3. The lowest BCUT2D eigenvalue weighted by atomic mass is 10.1. The molecule has 1 amide bonds. The lowest BCUT2D eigenvalue weighted by Crippen LogP contribution is -2.23. The Morgan fingerprint density at radius 3 is 2.90 bits per heavy atom. The summed E-state index contributed by atoms with van der Waals surface area (Å²) in [5, 5.41) is 2.99. The van der Waals surface area contributed by atoms with E-state index < -0.39 is 0 Å². The molecule has 4 nitrogen and oxygen atoms in total. The van der Waals surface area contributed by atoms with Gasteiger partial charge < -0.3 is 15.8 Å². The van der Waals surface area contributed by atoms with Crippen LogP contribution in [0.15, 0.2) is 18.2 Å². The van der Waals surface area contributed by atoms with Gasteiger partial charge in [-0.2, -0.15) is 0 Å². The number of aryl methyl sites for hydroxylation is 1. The Labute approximate surface area is 120 Å². The normalized spacial score (nSPS) is 21.8. The molecule has 2 atom stereocenters. The number of rotatable bonds is 5. The average Bonchev–Trinajstić information content (AvgIpc) is 2.85. The summed E-state index contributed by atoms with van der Waals surface area (Å²) in [5.74, 6) is 0.843. The summed E-state index contributed by atoms with van der Waals surface area (Å²) in [5.41, 5.74) is 7.75. The molecule has 1 aromatic carbocycles. The Bertz CT molecular complexity index is 474. The van der Waals surface area contributed by atoms with Crippen LogP contribution in [0.1, 0.15) is 38.2 Å². The molecular weight excluding hydrogens is 252 g/mol. The van der Waals surface area contributed by atoms with Crippen molar-refractivity contribution in [3.8, 4) is 5.75 Å². The number of ether oxygens (including phenoxy) is 1. The zero-order valence-corrected chi connectivity index (χ0v) is 12.3. The van der Waals surface area contributed by atoms with Crippen molar-refractivity contribution in [3.63, 3.8) is 0 Å². The second-order valence-corrected chi connectivity index (χ2v) is 5.61. The number of benzene rings is 1. The molecule has 0 bridgehead atoms. The third kappa shape index (κ3) is 3.73. The van der Waals surface area contributed by atoms with Crippen LogP contribution in [0, 0.1) is 12.8 Å². The van der Waals surface area contributed by atoms with Crippen molar-refractivity contribution < 1.29 is 9.53 Å². The zero-order chi connectivity index (χ0) is 14.5. The molecule has 0 heterocycles. The van der Waals surface area contributed by atoms with E-state index >= 15 is 0 Å².